The van der Waals surface area contributed by atoms with Gasteiger partial charge in [0.15, 0.2) is 0 Å². The molecule has 0 bridgehead atoms. The van der Waals surface area contributed by atoms with Gasteiger partial charge in [-0.2, -0.15) is 0 Å². The normalized spacial score (nSPS) is 25.8. The van der Waals surface area contributed by atoms with E-state index in [9.17, 15) is 19.8 Å². The fraction of sp³-hybridized carbons (Fsp3) is 0.714. The quantitative estimate of drug-likeness (QED) is 0.299. The van der Waals surface area contributed by atoms with E-state index in [1.807, 2.05) is 6.92 Å². The number of aliphatic hydroxyl groups excluding tert-OH is 2. The molecule has 0 aromatic carbocycles. The van der Waals surface area contributed by atoms with Gasteiger partial charge in [-0.15, -0.1) is 11.8 Å². The highest BCUT2D eigenvalue weighted by molar-refractivity contribution is 5.90. The number of carbonyl (C=O) groups excluding carboxylic acids is 2. The van der Waals surface area contributed by atoms with Gasteiger partial charge >= 0.3 is 5.97 Å². The predicted octanol–water partition coefficient (Wildman–Crippen LogP) is 2.64. The van der Waals surface area contributed by atoms with Crippen LogP contribution in [0.1, 0.15) is 59.3 Å². The van der Waals surface area contributed by atoms with Crippen LogP contribution in [0.4, 0.5) is 0 Å². The third kappa shape index (κ3) is 5.96. The van der Waals surface area contributed by atoms with Gasteiger partial charge < -0.3 is 14.9 Å². The maximum atomic E-state index is 12.7. The van der Waals surface area contributed by atoms with Crippen LogP contribution in [0, 0.1) is 29.1 Å². The molecule has 146 valence electrons. The van der Waals surface area contributed by atoms with Crippen molar-refractivity contribution in [1.82, 2.24) is 0 Å². The smallest absolute Gasteiger partial charge is 0.305 e. The van der Waals surface area contributed by atoms with Crippen molar-refractivity contribution in [2.75, 3.05) is 7.11 Å². The summed E-state index contributed by atoms with van der Waals surface area (Å²) in [5, 5.41) is 20.5. The average Bonchev–Trinajstić information content (AvgIpc) is 2.76. The summed E-state index contributed by atoms with van der Waals surface area (Å²) in [6, 6.07) is 0. The van der Waals surface area contributed by atoms with Gasteiger partial charge in [-0.05, 0) is 12.8 Å². The molecule has 0 aliphatic heterocycles. The van der Waals surface area contributed by atoms with E-state index in [0.29, 0.717) is 32.1 Å². The molecule has 1 aliphatic rings. The number of Topliss-reactive ketones (excluding diaryl/α,β-unsaturated/α-hetero) is 1. The van der Waals surface area contributed by atoms with Crippen molar-refractivity contribution in [3.8, 4) is 11.8 Å². The molecule has 4 atom stereocenters. The monoisotopic (exact) mass is 364 g/mol. The Bertz CT molecular complexity index is 567. The van der Waals surface area contributed by atoms with E-state index < -0.39 is 17.6 Å². The molecule has 0 saturated heterocycles. The van der Waals surface area contributed by atoms with E-state index in [-0.39, 0.29) is 23.6 Å². The van der Waals surface area contributed by atoms with Crippen molar-refractivity contribution in [3.63, 3.8) is 0 Å². The van der Waals surface area contributed by atoms with Crippen molar-refractivity contribution in [3.05, 3.63) is 12.2 Å². The zero-order chi connectivity index (χ0) is 19.7. The summed E-state index contributed by atoms with van der Waals surface area (Å²) in [5.74, 6) is 5.06. The Balaban J connectivity index is 2.72. The number of esters is 1. The molecule has 5 heteroatoms. The van der Waals surface area contributed by atoms with E-state index in [1.165, 1.54) is 7.11 Å². The lowest BCUT2D eigenvalue weighted by atomic mass is 9.86. The van der Waals surface area contributed by atoms with Gasteiger partial charge in [0.2, 0.25) is 0 Å². The number of aliphatic hydroxyl groups is 2. The molecule has 0 spiro atoms. The zero-order valence-corrected chi connectivity index (χ0v) is 16.3. The Hall–Kier alpha value is -1.64. The SMILES string of the molecule is CCCC(O)C=CC1C(CC#CCCCC(=O)OC)C(=O)C(C)(C)C1O. The first kappa shape index (κ1) is 22.4. The predicted molar refractivity (Wildman–Crippen MR) is 100 cm³/mol. The van der Waals surface area contributed by atoms with Crippen LogP contribution in [-0.2, 0) is 14.3 Å². The van der Waals surface area contributed by atoms with E-state index in [2.05, 4.69) is 16.6 Å². The van der Waals surface area contributed by atoms with Crippen molar-refractivity contribution < 1.29 is 24.5 Å². The maximum Gasteiger partial charge on any atom is 0.305 e. The van der Waals surface area contributed by atoms with Gasteiger partial charge in [-0.3, -0.25) is 9.59 Å². The number of ether oxygens (including phenoxy) is 1. The van der Waals surface area contributed by atoms with Gasteiger partial charge in [0.25, 0.3) is 0 Å². The first-order valence-corrected chi connectivity index (χ1v) is 9.37. The van der Waals surface area contributed by atoms with Gasteiger partial charge in [0.05, 0.1) is 24.7 Å². The van der Waals surface area contributed by atoms with E-state index in [0.717, 1.165) is 6.42 Å². The lowest BCUT2D eigenvalue weighted by Crippen LogP contribution is -2.31. The number of unbranched alkanes of at least 4 members (excludes halogenated alkanes) is 1. The maximum absolute atomic E-state index is 12.7. The highest BCUT2D eigenvalue weighted by Crippen LogP contribution is 2.44. The Morgan fingerprint density at radius 1 is 1.38 bits per heavy atom. The van der Waals surface area contributed by atoms with Gasteiger partial charge in [0, 0.05) is 31.1 Å². The molecule has 26 heavy (non-hydrogen) atoms. The molecule has 0 aromatic rings. The Morgan fingerprint density at radius 2 is 2.08 bits per heavy atom. The summed E-state index contributed by atoms with van der Waals surface area (Å²) < 4.78 is 4.58. The lowest BCUT2D eigenvalue weighted by molar-refractivity contribution is -0.140. The first-order chi connectivity index (χ1) is 12.3. The summed E-state index contributed by atoms with van der Waals surface area (Å²) in [7, 11) is 1.36. The number of methoxy groups -OCH3 is 1. The van der Waals surface area contributed by atoms with Crippen LogP contribution in [0.2, 0.25) is 0 Å². The molecule has 0 amide bonds. The van der Waals surface area contributed by atoms with E-state index in [4.69, 9.17) is 0 Å². The number of hydrogen-bond acceptors (Lipinski definition) is 5. The van der Waals surface area contributed by atoms with Crippen LogP contribution in [-0.4, -0.2) is 41.3 Å². The standard InChI is InChI=1S/C21H32O5/c1-5-10-15(22)13-14-17-16(19(24)21(2,3)20(17)25)11-8-6-7-9-12-18(23)26-4/h13-17,20,22,25H,5,7,9-12H2,1-4H3. The summed E-state index contributed by atoms with van der Waals surface area (Å²) in [5.41, 5.74) is -0.818. The van der Waals surface area contributed by atoms with E-state index in [1.54, 1.807) is 26.0 Å². The highest BCUT2D eigenvalue weighted by Gasteiger charge is 2.52. The average molecular weight is 364 g/mol. The summed E-state index contributed by atoms with van der Waals surface area (Å²) >= 11 is 0. The molecule has 0 radical (unpaired) electrons. The number of ketones is 1. The molecule has 1 aliphatic carbocycles. The second-order valence-corrected chi connectivity index (χ2v) is 7.44. The molecule has 2 N–H and O–H groups in total. The fourth-order valence-corrected chi connectivity index (χ4v) is 3.31. The molecule has 1 fully saturated rings. The number of hydrogen-bond donors (Lipinski definition) is 2. The lowest BCUT2D eigenvalue weighted by Gasteiger charge is -2.22. The molecule has 1 saturated carbocycles. The minimum Gasteiger partial charge on any atom is -0.469 e. The Morgan fingerprint density at radius 3 is 2.69 bits per heavy atom. The Kier molecular flexibility index (Phi) is 9.04. The summed E-state index contributed by atoms with van der Waals surface area (Å²) in [4.78, 5) is 23.7. The van der Waals surface area contributed by atoms with Crippen molar-refractivity contribution in [2.45, 2.75) is 71.5 Å². The Labute approximate surface area is 156 Å². The molecule has 0 heterocycles. The number of carbonyl (C=O) groups is 2. The minimum absolute atomic E-state index is 0.00786. The second kappa shape index (κ2) is 10.5. The van der Waals surface area contributed by atoms with Crippen LogP contribution in [0.5, 0.6) is 0 Å². The van der Waals surface area contributed by atoms with Crippen molar-refractivity contribution >= 4 is 11.8 Å². The summed E-state index contributed by atoms with van der Waals surface area (Å²) in [6.45, 7) is 5.51. The third-order valence-electron chi connectivity index (χ3n) is 5.04. The molecular weight excluding hydrogens is 332 g/mol. The molecule has 1 rings (SSSR count). The molecule has 4 unspecified atom stereocenters. The van der Waals surface area contributed by atoms with Gasteiger partial charge in [0.1, 0.15) is 5.78 Å². The first-order valence-electron chi connectivity index (χ1n) is 9.37. The van der Waals surface area contributed by atoms with E-state index >= 15 is 0 Å². The van der Waals surface area contributed by atoms with Crippen LogP contribution in [0.15, 0.2) is 12.2 Å². The second-order valence-electron chi connectivity index (χ2n) is 7.44. The third-order valence-corrected chi connectivity index (χ3v) is 5.04. The van der Waals surface area contributed by atoms with Crippen LogP contribution in [0.3, 0.4) is 0 Å². The van der Waals surface area contributed by atoms with Gasteiger partial charge in [-0.25, -0.2) is 0 Å². The zero-order valence-electron chi connectivity index (χ0n) is 16.3. The van der Waals surface area contributed by atoms with Crippen LogP contribution < -0.4 is 0 Å². The van der Waals surface area contributed by atoms with Crippen LogP contribution >= 0.6 is 0 Å². The molecule has 0 aromatic heterocycles. The topological polar surface area (TPSA) is 83.8 Å². The highest BCUT2D eigenvalue weighted by atomic mass is 16.5. The number of rotatable bonds is 8. The molecular formula is C21H32O5. The van der Waals surface area contributed by atoms with Crippen molar-refractivity contribution in [1.29, 1.82) is 0 Å². The van der Waals surface area contributed by atoms with Crippen LogP contribution in [0.25, 0.3) is 0 Å². The minimum atomic E-state index is -0.818. The molecule has 5 nitrogen and oxygen atoms in total. The van der Waals surface area contributed by atoms with Gasteiger partial charge in [-0.1, -0.05) is 39.3 Å². The fourth-order valence-electron chi connectivity index (χ4n) is 3.31. The van der Waals surface area contributed by atoms with Crippen molar-refractivity contribution in [2.24, 2.45) is 17.3 Å². The largest absolute Gasteiger partial charge is 0.469 e. The summed E-state index contributed by atoms with van der Waals surface area (Å²) in [6.07, 6.45) is 5.53.